The molecule has 12 heteroatoms. The Kier molecular flexibility index (Phi) is 11.3. The van der Waals surface area contributed by atoms with Crippen molar-refractivity contribution in [3.8, 4) is 0 Å². The molecule has 0 spiro atoms. The van der Waals surface area contributed by atoms with Crippen LogP contribution in [-0.4, -0.2) is 44.4 Å². The number of unbranched alkanes of at least 4 members (excludes halogenated alkanes) is 1. The molecule has 1 unspecified atom stereocenters. The first kappa shape index (κ1) is 37.0. The Balaban J connectivity index is 1.32. The van der Waals surface area contributed by atoms with E-state index in [0.717, 1.165) is 35.6 Å². The minimum absolute atomic E-state index is 0.0465. The first-order valence-electron chi connectivity index (χ1n) is 17.8. The van der Waals surface area contributed by atoms with Gasteiger partial charge in [-0.15, -0.1) is 5.10 Å². The number of hydrogen-bond acceptors (Lipinski definition) is 7. The zero-order chi connectivity index (χ0) is 36.8. The van der Waals surface area contributed by atoms with E-state index in [1.54, 1.807) is 0 Å². The van der Waals surface area contributed by atoms with Gasteiger partial charge in [-0.25, -0.2) is 13.5 Å². The van der Waals surface area contributed by atoms with Crippen molar-refractivity contribution < 1.29 is 22.9 Å². The van der Waals surface area contributed by atoms with Crippen LogP contribution in [-0.2, 0) is 32.7 Å². The average Bonchev–Trinajstić information content (AvgIpc) is 3.68. The molecule has 0 bridgehead atoms. The minimum Gasteiger partial charge on any atom is -0.403 e. The highest BCUT2D eigenvalue weighted by Gasteiger charge is 2.50. The molecule has 1 atom stereocenters. The molecule has 6 rings (SSSR count). The molecule has 2 N–H and O–H groups in total. The number of tetrazole rings is 1. The molecule has 2 heterocycles. The summed E-state index contributed by atoms with van der Waals surface area (Å²) < 4.78 is 42.1. The van der Waals surface area contributed by atoms with E-state index in [1.165, 1.54) is 16.8 Å². The molecule has 52 heavy (non-hydrogen) atoms. The molecule has 1 aromatic heterocycles. The third-order valence-corrected chi connectivity index (χ3v) is 10.2. The van der Waals surface area contributed by atoms with E-state index in [1.807, 2.05) is 82.3 Å². The lowest BCUT2D eigenvalue weighted by Gasteiger charge is -2.40. The largest absolute Gasteiger partial charge is 0.457 e. The molecule has 9 nitrogen and oxygen atoms in total. The van der Waals surface area contributed by atoms with Gasteiger partial charge in [0.25, 0.3) is 0 Å². The van der Waals surface area contributed by atoms with E-state index < -0.39 is 40.3 Å². The fourth-order valence-electron chi connectivity index (χ4n) is 6.73. The summed E-state index contributed by atoms with van der Waals surface area (Å²) in [4.78, 5) is 13.2. The van der Waals surface area contributed by atoms with Gasteiger partial charge in [-0.2, -0.15) is 0 Å². The highest BCUT2D eigenvalue weighted by atomic mass is 19.2. The summed E-state index contributed by atoms with van der Waals surface area (Å²) in [5, 5.41) is 19.4. The predicted molar refractivity (Wildman–Crippen MR) is 196 cm³/mol. The van der Waals surface area contributed by atoms with Gasteiger partial charge in [0.1, 0.15) is 6.54 Å². The highest BCUT2D eigenvalue weighted by Crippen LogP contribution is 2.41. The van der Waals surface area contributed by atoms with Gasteiger partial charge in [-0.3, -0.25) is 10.1 Å². The molecule has 0 radical (unpaired) electrons. The predicted octanol–water partition coefficient (Wildman–Crippen LogP) is 7.15. The van der Waals surface area contributed by atoms with E-state index in [4.69, 9.17) is 9.31 Å². The highest BCUT2D eigenvalue weighted by molar-refractivity contribution is 6.45. The van der Waals surface area contributed by atoms with Gasteiger partial charge < -0.3 is 14.6 Å². The van der Waals surface area contributed by atoms with E-state index in [9.17, 15) is 13.6 Å². The number of nitrogens with one attached hydrogen (secondary N) is 2. The van der Waals surface area contributed by atoms with Gasteiger partial charge in [0, 0.05) is 12.1 Å². The Bertz CT molecular complexity index is 1820. The van der Waals surface area contributed by atoms with Crippen LogP contribution < -0.4 is 10.6 Å². The lowest BCUT2D eigenvalue weighted by Crippen LogP contribution is -2.47. The number of nitrogens with zero attached hydrogens (tertiary/aromatic N) is 4. The van der Waals surface area contributed by atoms with Gasteiger partial charge in [-0.05, 0) is 73.6 Å². The van der Waals surface area contributed by atoms with E-state index in [2.05, 4.69) is 62.6 Å². The molecule has 1 saturated heterocycles. The van der Waals surface area contributed by atoms with Crippen molar-refractivity contribution in [2.24, 2.45) is 0 Å². The summed E-state index contributed by atoms with van der Waals surface area (Å²) in [6.07, 6.45) is 2.91. The number of hydrogen-bond donors (Lipinski definition) is 2. The number of amides is 1. The van der Waals surface area contributed by atoms with Crippen LogP contribution in [0.4, 0.5) is 8.78 Å². The first-order chi connectivity index (χ1) is 25.0. The van der Waals surface area contributed by atoms with Gasteiger partial charge in [-0.1, -0.05) is 116 Å². The molecule has 1 fully saturated rings. The smallest absolute Gasteiger partial charge is 0.403 e. The van der Waals surface area contributed by atoms with Crippen LogP contribution in [0.25, 0.3) is 0 Å². The number of benzene rings is 4. The summed E-state index contributed by atoms with van der Waals surface area (Å²) in [5.41, 5.74) is 1.44. The Labute approximate surface area is 304 Å². The monoisotopic (exact) mass is 706 g/mol. The van der Waals surface area contributed by atoms with Crippen LogP contribution in [0, 0.1) is 11.6 Å². The first-order valence-corrected chi connectivity index (χ1v) is 17.8. The fourth-order valence-corrected chi connectivity index (χ4v) is 6.73. The molecule has 1 aliphatic rings. The standard InChI is InChI=1S/C40H45BF2N6O3/c1-38(2)39(3,4)52-41(51-38)26-15-14-25-34(37-46-47-48-49(37)28-35(50)44-27-29-17-16-24-33(42)36(29)43)45-40(30-18-8-5-9-19-30,31-20-10-6-11-21-31)32-22-12-7-13-23-32/h5-13,16-24,34,45H,14-15,25-28H2,1-4H3,(H,44,50). The van der Waals surface area contributed by atoms with Gasteiger partial charge in [0.2, 0.25) is 5.91 Å². The summed E-state index contributed by atoms with van der Waals surface area (Å²) in [5.74, 6) is -1.94. The second-order valence-electron chi connectivity index (χ2n) is 14.2. The Morgan fingerprint density at radius 2 is 1.37 bits per heavy atom. The summed E-state index contributed by atoms with van der Waals surface area (Å²) >= 11 is 0. The third kappa shape index (κ3) is 7.99. The molecule has 0 aliphatic carbocycles. The SMILES string of the molecule is CC1(C)OB(CCCCC(NC(c2ccccc2)(c2ccccc2)c2ccccc2)c2nnnn2CC(=O)NCc2cccc(F)c2F)OC1(C)C. The number of carbonyl (C=O) groups is 1. The maximum absolute atomic E-state index is 14.3. The van der Waals surface area contributed by atoms with E-state index in [-0.39, 0.29) is 25.8 Å². The molecule has 4 aromatic carbocycles. The van der Waals surface area contributed by atoms with Crippen molar-refractivity contribution >= 4 is 13.0 Å². The Morgan fingerprint density at radius 1 is 0.808 bits per heavy atom. The van der Waals surface area contributed by atoms with Crippen LogP contribution in [0.1, 0.15) is 81.1 Å². The average molecular weight is 707 g/mol. The number of rotatable bonds is 15. The third-order valence-electron chi connectivity index (χ3n) is 10.2. The van der Waals surface area contributed by atoms with Crippen LogP contribution in [0.5, 0.6) is 0 Å². The zero-order valence-corrected chi connectivity index (χ0v) is 30.1. The van der Waals surface area contributed by atoms with Crippen LogP contribution in [0.15, 0.2) is 109 Å². The number of halogens is 2. The lowest BCUT2D eigenvalue weighted by atomic mass is 9.76. The van der Waals surface area contributed by atoms with Gasteiger partial charge >= 0.3 is 7.12 Å². The van der Waals surface area contributed by atoms with E-state index >= 15 is 0 Å². The molecular formula is C40H45BF2N6O3. The number of aromatic nitrogens is 4. The number of carbonyl (C=O) groups excluding carboxylic acids is 1. The normalized spacial score (nSPS) is 15.8. The quantitative estimate of drug-likeness (QED) is 0.0677. The van der Waals surface area contributed by atoms with Crippen molar-refractivity contribution in [1.29, 1.82) is 0 Å². The minimum atomic E-state index is -0.991. The topological polar surface area (TPSA) is 103 Å². The summed E-state index contributed by atoms with van der Waals surface area (Å²) in [7, 11) is -0.314. The fraction of sp³-hybridized carbons (Fsp3) is 0.350. The van der Waals surface area contributed by atoms with Crippen molar-refractivity contribution in [2.45, 2.75) is 89.1 Å². The molecule has 270 valence electrons. The lowest BCUT2D eigenvalue weighted by molar-refractivity contribution is -0.122. The summed E-state index contributed by atoms with van der Waals surface area (Å²) in [6.45, 7) is 7.80. The molecule has 0 saturated carbocycles. The van der Waals surface area contributed by atoms with Crippen molar-refractivity contribution in [2.75, 3.05) is 0 Å². The maximum Gasteiger partial charge on any atom is 0.457 e. The second kappa shape index (κ2) is 15.9. The van der Waals surface area contributed by atoms with Crippen LogP contribution in [0.2, 0.25) is 6.32 Å². The van der Waals surface area contributed by atoms with Crippen LogP contribution in [0.3, 0.4) is 0 Å². The maximum atomic E-state index is 14.3. The van der Waals surface area contributed by atoms with Crippen molar-refractivity contribution in [1.82, 2.24) is 30.8 Å². The van der Waals surface area contributed by atoms with E-state index in [0.29, 0.717) is 18.6 Å². The Hall–Kier alpha value is -4.78. The second-order valence-corrected chi connectivity index (χ2v) is 14.2. The van der Waals surface area contributed by atoms with Gasteiger partial charge in [0.15, 0.2) is 17.5 Å². The Morgan fingerprint density at radius 3 is 1.92 bits per heavy atom. The van der Waals surface area contributed by atoms with Crippen molar-refractivity contribution in [3.05, 3.63) is 149 Å². The zero-order valence-electron chi connectivity index (χ0n) is 30.1. The molecule has 1 aliphatic heterocycles. The molecule has 5 aromatic rings. The van der Waals surface area contributed by atoms with Crippen LogP contribution >= 0.6 is 0 Å². The molecular weight excluding hydrogens is 661 g/mol. The van der Waals surface area contributed by atoms with Crippen molar-refractivity contribution in [3.63, 3.8) is 0 Å². The molecule has 1 amide bonds. The van der Waals surface area contributed by atoms with Gasteiger partial charge in [0.05, 0.1) is 22.8 Å². The summed E-state index contributed by atoms with van der Waals surface area (Å²) in [6, 6.07) is 34.1.